The summed E-state index contributed by atoms with van der Waals surface area (Å²) in [6.45, 7) is 2.27. The van der Waals surface area contributed by atoms with E-state index in [0.29, 0.717) is 42.0 Å². The van der Waals surface area contributed by atoms with Crippen LogP contribution >= 0.6 is 11.3 Å². The molecule has 0 spiro atoms. The molecule has 178 valence electrons. The maximum Gasteiger partial charge on any atom is 0.270 e. The average Bonchev–Trinajstić information content (AvgIpc) is 3.57. The molecule has 0 bridgehead atoms. The van der Waals surface area contributed by atoms with E-state index in [2.05, 4.69) is 32.4 Å². The van der Waals surface area contributed by atoms with Crippen molar-refractivity contribution in [3.05, 3.63) is 88.9 Å². The van der Waals surface area contributed by atoms with Crippen molar-refractivity contribution in [1.82, 2.24) is 29.6 Å². The van der Waals surface area contributed by atoms with E-state index >= 15 is 0 Å². The molecule has 0 fully saturated rings. The fraction of sp³-hybridized carbons (Fsp3) is 0.231. The molecule has 2 N–H and O–H groups in total. The molecular weight excluding hydrogens is 460 g/mol. The van der Waals surface area contributed by atoms with Crippen LogP contribution in [0, 0.1) is 6.92 Å². The zero-order valence-electron chi connectivity index (χ0n) is 19.6. The van der Waals surface area contributed by atoms with E-state index < -0.39 is 0 Å². The first kappa shape index (κ1) is 22.8. The number of pyridine rings is 1. The number of likely N-dealkylation sites (N-methyl/N-ethyl adjacent to an activating group) is 1. The molecule has 5 aromatic rings. The molecule has 4 aromatic heterocycles. The van der Waals surface area contributed by atoms with E-state index in [1.165, 1.54) is 11.3 Å². The molecule has 0 radical (unpaired) electrons. The van der Waals surface area contributed by atoms with Gasteiger partial charge in [0.15, 0.2) is 4.96 Å². The maximum absolute atomic E-state index is 13.5. The summed E-state index contributed by atoms with van der Waals surface area (Å²) in [5.41, 5.74) is 3.67. The molecule has 9 heteroatoms. The minimum Gasteiger partial charge on any atom is -0.351 e. The molecule has 0 saturated carbocycles. The van der Waals surface area contributed by atoms with Crippen LogP contribution in [0.1, 0.15) is 38.5 Å². The van der Waals surface area contributed by atoms with E-state index in [-0.39, 0.29) is 17.9 Å². The van der Waals surface area contributed by atoms with Crippen molar-refractivity contribution in [2.24, 2.45) is 0 Å². The Morgan fingerprint density at radius 1 is 1.20 bits per heavy atom. The highest BCUT2D eigenvalue weighted by atomic mass is 32.1. The number of aromatic amines is 1. The molecule has 0 aliphatic heterocycles. The van der Waals surface area contributed by atoms with Crippen LogP contribution in [0.2, 0.25) is 0 Å². The van der Waals surface area contributed by atoms with Crippen LogP contribution < -0.4 is 5.32 Å². The molecule has 1 aromatic carbocycles. The van der Waals surface area contributed by atoms with Gasteiger partial charge < -0.3 is 15.2 Å². The van der Waals surface area contributed by atoms with Gasteiger partial charge in [-0.05, 0) is 37.5 Å². The topological polar surface area (TPSA) is 95.4 Å². The molecule has 0 aliphatic carbocycles. The Morgan fingerprint density at radius 3 is 2.86 bits per heavy atom. The van der Waals surface area contributed by atoms with Gasteiger partial charge in [-0.3, -0.25) is 14.0 Å². The summed E-state index contributed by atoms with van der Waals surface area (Å²) in [6, 6.07) is 13.7. The summed E-state index contributed by atoms with van der Waals surface area (Å²) in [5.74, 6) is -0.244. The van der Waals surface area contributed by atoms with Gasteiger partial charge in [0.2, 0.25) is 0 Å². The summed E-state index contributed by atoms with van der Waals surface area (Å²) in [6.07, 6.45) is 6.56. The van der Waals surface area contributed by atoms with Crippen molar-refractivity contribution in [3.8, 4) is 0 Å². The van der Waals surface area contributed by atoms with Gasteiger partial charge in [-0.15, -0.1) is 11.3 Å². The van der Waals surface area contributed by atoms with Crippen LogP contribution in [0.3, 0.4) is 0 Å². The maximum atomic E-state index is 13.5. The molecule has 5 rings (SSSR count). The highest BCUT2D eigenvalue weighted by molar-refractivity contribution is 7.15. The van der Waals surface area contributed by atoms with Gasteiger partial charge in [0.1, 0.15) is 11.3 Å². The lowest BCUT2D eigenvalue weighted by molar-refractivity contribution is 0.0725. The predicted octanol–water partition coefficient (Wildman–Crippen LogP) is 4.08. The molecule has 2 amide bonds. The number of aryl methyl sites for hydroxylation is 1. The number of aromatic nitrogens is 4. The highest BCUT2D eigenvalue weighted by Gasteiger charge is 2.24. The summed E-state index contributed by atoms with van der Waals surface area (Å²) in [7, 11) is 1.82. The van der Waals surface area contributed by atoms with Crippen molar-refractivity contribution in [2.45, 2.75) is 25.8 Å². The van der Waals surface area contributed by atoms with E-state index in [0.717, 1.165) is 15.9 Å². The molecular formula is C26H26N6O2S. The van der Waals surface area contributed by atoms with Gasteiger partial charge >= 0.3 is 0 Å². The third kappa shape index (κ3) is 4.54. The zero-order chi connectivity index (χ0) is 24.4. The number of nitrogens with one attached hydrogen (secondary N) is 2. The number of nitrogens with zero attached hydrogens (tertiary/aromatic N) is 4. The quantitative estimate of drug-likeness (QED) is 0.345. The molecule has 0 aliphatic rings. The Balaban J connectivity index is 1.33. The molecule has 1 unspecified atom stereocenters. The Labute approximate surface area is 206 Å². The predicted molar refractivity (Wildman–Crippen MR) is 137 cm³/mol. The summed E-state index contributed by atoms with van der Waals surface area (Å²) in [4.78, 5) is 40.8. The van der Waals surface area contributed by atoms with Crippen molar-refractivity contribution < 1.29 is 9.59 Å². The monoisotopic (exact) mass is 486 g/mol. The fourth-order valence-electron chi connectivity index (χ4n) is 4.41. The number of hydrogen-bond donors (Lipinski definition) is 2. The Hall–Kier alpha value is -3.98. The Morgan fingerprint density at radius 2 is 2.03 bits per heavy atom. The number of imidazole rings is 1. The number of carbonyl (C=O) groups excluding carboxylic acids is 2. The van der Waals surface area contributed by atoms with E-state index in [1.54, 1.807) is 17.3 Å². The lowest BCUT2D eigenvalue weighted by Gasteiger charge is -2.28. The first-order valence-electron chi connectivity index (χ1n) is 11.5. The van der Waals surface area contributed by atoms with Gasteiger partial charge in [0.05, 0.1) is 11.3 Å². The molecule has 8 nitrogen and oxygen atoms in total. The highest BCUT2D eigenvalue weighted by Crippen LogP contribution is 2.21. The largest absolute Gasteiger partial charge is 0.351 e. The van der Waals surface area contributed by atoms with E-state index in [4.69, 9.17) is 0 Å². The first-order chi connectivity index (χ1) is 17.0. The number of carbonyl (C=O) groups is 2. The fourth-order valence-corrected chi connectivity index (χ4v) is 5.17. The van der Waals surface area contributed by atoms with Crippen LogP contribution in [-0.4, -0.2) is 55.7 Å². The van der Waals surface area contributed by atoms with Crippen molar-refractivity contribution in [2.75, 3.05) is 13.6 Å². The smallest absolute Gasteiger partial charge is 0.270 e. The number of thiazole rings is 1. The van der Waals surface area contributed by atoms with Gasteiger partial charge in [-0.25, -0.2) is 9.97 Å². The van der Waals surface area contributed by atoms with Crippen LogP contribution in [0.4, 0.5) is 0 Å². The standard InChI is InChI=1S/C26H26N6O2S/c1-17-22(32-13-14-35-26(32)30-17)24(33)28-12-10-19(15-18-7-4-3-5-8-18)31(2)25(34)21-16-29-23-20(21)9-6-11-27-23/h3-9,11,13-14,16,19H,10,12,15H2,1-2H3,(H,27,29)(H,28,33). The van der Waals surface area contributed by atoms with Crippen LogP contribution in [-0.2, 0) is 6.42 Å². The molecule has 1 atom stereocenters. The van der Waals surface area contributed by atoms with Gasteiger partial charge in [0.25, 0.3) is 11.8 Å². The lowest BCUT2D eigenvalue weighted by Crippen LogP contribution is -2.41. The zero-order valence-corrected chi connectivity index (χ0v) is 20.4. The second-order valence-electron chi connectivity index (χ2n) is 8.51. The van der Waals surface area contributed by atoms with Crippen molar-refractivity contribution >= 4 is 39.1 Å². The second-order valence-corrected chi connectivity index (χ2v) is 9.38. The van der Waals surface area contributed by atoms with Crippen LogP contribution in [0.15, 0.2) is 66.4 Å². The average molecular weight is 487 g/mol. The number of amides is 2. The van der Waals surface area contributed by atoms with E-state index in [9.17, 15) is 9.59 Å². The summed E-state index contributed by atoms with van der Waals surface area (Å²) < 4.78 is 1.82. The number of benzene rings is 1. The van der Waals surface area contributed by atoms with E-state index in [1.807, 2.05) is 60.3 Å². The normalized spacial score (nSPS) is 12.2. The minimum atomic E-state index is -0.163. The number of hydrogen-bond acceptors (Lipinski definition) is 5. The van der Waals surface area contributed by atoms with Crippen LogP contribution in [0.25, 0.3) is 16.0 Å². The number of fused-ring (bicyclic) bond motifs is 2. The Kier molecular flexibility index (Phi) is 6.33. The van der Waals surface area contributed by atoms with Gasteiger partial charge in [0, 0.05) is 49.0 Å². The SMILES string of the molecule is Cc1nc2sccn2c1C(=O)NCCC(Cc1ccccc1)N(C)C(=O)c1c[nH]c2ncccc12. The number of H-pyrrole nitrogens is 1. The lowest BCUT2D eigenvalue weighted by atomic mass is 10.0. The number of rotatable bonds is 8. The molecule has 0 saturated heterocycles. The van der Waals surface area contributed by atoms with Crippen molar-refractivity contribution in [3.63, 3.8) is 0 Å². The van der Waals surface area contributed by atoms with Crippen LogP contribution in [0.5, 0.6) is 0 Å². The Bertz CT molecular complexity index is 1490. The molecule has 4 heterocycles. The third-order valence-electron chi connectivity index (χ3n) is 6.28. The first-order valence-corrected chi connectivity index (χ1v) is 12.3. The van der Waals surface area contributed by atoms with Crippen molar-refractivity contribution in [1.29, 1.82) is 0 Å². The van der Waals surface area contributed by atoms with Gasteiger partial charge in [-0.1, -0.05) is 30.3 Å². The second kappa shape index (κ2) is 9.71. The molecule has 35 heavy (non-hydrogen) atoms. The summed E-state index contributed by atoms with van der Waals surface area (Å²) >= 11 is 1.50. The third-order valence-corrected chi connectivity index (χ3v) is 7.03. The minimum absolute atomic E-state index is 0.0804. The van der Waals surface area contributed by atoms with Gasteiger partial charge in [-0.2, -0.15) is 0 Å². The summed E-state index contributed by atoms with van der Waals surface area (Å²) in [5, 5.41) is 5.74.